The summed E-state index contributed by atoms with van der Waals surface area (Å²) in [4.78, 5) is 4.28. The number of hydrogen-bond donors (Lipinski definition) is 0. The summed E-state index contributed by atoms with van der Waals surface area (Å²) in [6, 6.07) is 0. The van der Waals surface area contributed by atoms with Crippen molar-refractivity contribution < 1.29 is 0 Å². The van der Waals surface area contributed by atoms with Crippen molar-refractivity contribution in [1.82, 2.24) is 0 Å². The highest BCUT2D eigenvalue weighted by atomic mass is 79.9. The van der Waals surface area contributed by atoms with E-state index in [1.807, 2.05) is 11.3 Å². The van der Waals surface area contributed by atoms with Crippen molar-refractivity contribution in [3.8, 4) is 9.75 Å². The molecule has 2 aromatic rings. The second kappa shape index (κ2) is 12.7. The Morgan fingerprint density at radius 3 is 1.67 bits per heavy atom. The van der Waals surface area contributed by atoms with Crippen LogP contribution in [0.3, 0.4) is 0 Å². The van der Waals surface area contributed by atoms with E-state index in [1.165, 1.54) is 99.8 Å². The van der Waals surface area contributed by atoms with Gasteiger partial charge in [0.2, 0.25) is 0 Å². The smallest absolute Gasteiger partial charge is 0.0908 e. The molecule has 2 heterocycles. The van der Waals surface area contributed by atoms with Crippen molar-refractivity contribution in [1.29, 1.82) is 0 Å². The lowest BCUT2D eigenvalue weighted by Gasteiger charge is -2.17. The summed E-state index contributed by atoms with van der Waals surface area (Å²) in [5.74, 6) is 0. The molecular formula is C25H40Br2S2Si. The third-order valence-electron chi connectivity index (χ3n) is 5.92. The van der Waals surface area contributed by atoms with Crippen LogP contribution >= 0.6 is 54.5 Å². The minimum Gasteiger partial charge on any atom is -0.143 e. The first-order valence-electron chi connectivity index (χ1n) is 11.8. The van der Waals surface area contributed by atoms with E-state index in [0.29, 0.717) is 0 Å². The quantitative estimate of drug-likeness (QED) is 0.160. The lowest BCUT2D eigenvalue weighted by molar-refractivity contribution is 0.556. The molecule has 0 atom stereocenters. The minimum atomic E-state index is -1.36. The van der Waals surface area contributed by atoms with Gasteiger partial charge >= 0.3 is 0 Å². The summed E-state index contributed by atoms with van der Waals surface area (Å²) in [6.07, 6.45) is 15.3. The SMILES string of the molecule is CCCCCCCCCCCCc1c([Si](C)(C)C)sc(-c2sc(C)c(C)c2Br)c1Br. The Morgan fingerprint density at radius 2 is 1.20 bits per heavy atom. The molecule has 0 N–H and O–H groups in total. The molecule has 0 aliphatic heterocycles. The van der Waals surface area contributed by atoms with Gasteiger partial charge in [0.05, 0.1) is 17.8 Å². The number of unbranched alkanes of at least 4 members (excludes halogenated alkanes) is 9. The van der Waals surface area contributed by atoms with Crippen LogP contribution < -0.4 is 4.50 Å². The normalized spacial score (nSPS) is 12.1. The fraction of sp³-hybridized carbons (Fsp3) is 0.680. The van der Waals surface area contributed by atoms with Crippen LogP contribution in [0, 0.1) is 13.8 Å². The van der Waals surface area contributed by atoms with Crippen molar-refractivity contribution in [2.24, 2.45) is 0 Å². The first kappa shape index (κ1) is 26.8. The topological polar surface area (TPSA) is 0 Å². The Bertz CT molecular complexity index is 799. The molecule has 0 aromatic carbocycles. The van der Waals surface area contributed by atoms with Crippen LogP contribution in [0.15, 0.2) is 8.95 Å². The fourth-order valence-corrected chi connectivity index (χ4v) is 11.1. The monoisotopic (exact) mass is 590 g/mol. The summed E-state index contributed by atoms with van der Waals surface area (Å²) in [7, 11) is -1.36. The number of rotatable bonds is 13. The molecule has 0 bridgehead atoms. The maximum Gasteiger partial charge on any atom is 0.0908 e. The largest absolute Gasteiger partial charge is 0.143 e. The van der Waals surface area contributed by atoms with Crippen LogP contribution in [0.2, 0.25) is 19.6 Å². The molecule has 0 saturated carbocycles. The molecule has 0 amide bonds. The molecule has 0 unspecified atom stereocenters. The van der Waals surface area contributed by atoms with E-state index in [2.05, 4.69) is 83.6 Å². The van der Waals surface area contributed by atoms with Crippen LogP contribution in [-0.2, 0) is 6.42 Å². The highest BCUT2D eigenvalue weighted by molar-refractivity contribution is 9.11. The lowest BCUT2D eigenvalue weighted by atomic mass is 10.0. The van der Waals surface area contributed by atoms with Gasteiger partial charge in [-0.2, -0.15) is 0 Å². The average Bonchev–Trinajstić information content (AvgIpc) is 3.14. The highest BCUT2D eigenvalue weighted by Gasteiger charge is 2.28. The maximum atomic E-state index is 4.04. The van der Waals surface area contributed by atoms with E-state index in [9.17, 15) is 0 Å². The second-order valence-electron chi connectivity index (χ2n) is 9.66. The van der Waals surface area contributed by atoms with Crippen LogP contribution in [0.4, 0.5) is 0 Å². The molecular weight excluding hydrogens is 552 g/mol. The van der Waals surface area contributed by atoms with Gasteiger partial charge in [0.1, 0.15) is 0 Å². The van der Waals surface area contributed by atoms with Crippen molar-refractivity contribution in [3.05, 3.63) is 24.9 Å². The van der Waals surface area contributed by atoms with Gasteiger partial charge < -0.3 is 0 Å². The van der Waals surface area contributed by atoms with Crippen molar-refractivity contribution in [3.63, 3.8) is 0 Å². The van der Waals surface area contributed by atoms with Gasteiger partial charge in [-0.05, 0) is 74.2 Å². The number of halogens is 2. The van der Waals surface area contributed by atoms with Crippen molar-refractivity contribution in [2.45, 2.75) is 111 Å². The molecule has 0 fully saturated rings. The van der Waals surface area contributed by atoms with Crippen molar-refractivity contribution in [2.75, 3.05) is 0 Å². The Labute approximate surface area is 211 Å². The molecule has 30 heavy (non-hydrogen) atoms. The number of hydrogen-bond acceptors (Lipinski definition) is 2. The fourth-order valence-electron chi connectivity index (χ4n) is 3.95. The van der Waals surface area contributed by atoms with E-state index >= 15 is 0 Å². The van der Waals surface area contributed by atoms with Gasteiger partial charge in [-0.25, -0.2) is 0 Å². The second-order valence-corrected chi connectivity index (χ2v) is 18.9. The molecule has 5 heteroatoms. The third kappa shape index (κ3) is 7.30. The van der Waals surface area contributed by atoms with E-state index < -0.39 is 8.07 Å². The van der Waals surface area contributed by atoms with Crippen molar-refractivity contribution >= 4 is 67.1 Å². The summed E-state index contributed by atoms with van der Waals surface area (Å²) < 4.78 is 4.36. The van der Waals surface area contributed by atoms with Gasteiger partial charge in [0.15, 0.2) is 0 Å². The maximum absolute atomic E-state index is 4.04. The van der Waals surface area contributed by atoms with Gasteiger partial charge in [0, 0.05) is 13.8 Å². The van der Waals surface area contributed by atoms with E-state index in [0.717, 1.165) is 0 Å². The Balaban J connectivity index is 1.98. The summed E-state index contributed by atoms with van der Waals surface area (Å²) in [5.41, 5.74) is 3.01. The van der Waals surface area contributed by atoms with Crippen LogP contribution in [0.1, 0.15) is 87.1 Å². The molecule has 0 aliphatic rings. The molecule has 0 nitrogen and oxygen atoms in total. The molecule has 0 spiro atoms. The molecule has 0 aliphatic carbocycles. The van der Waals surface area contributed by atoms with E-state index in [-0.39, 0.29) is 0 Å². The Hall–Kier alpha value is 0.577. The predicted molar refractivity (Wildman–Crippen MR) is 151 cm³/mol. The predicted octanol–water partition coefficient (Wildman–Crippen LogP) is 10.6. The third-order valence-corrected chi connectivity index (χ3v) is 14.5. The first-order chi connectivity index (χ1) is 14.2. The molecule has 0 saturated heterocycles. The average molecular weight is 593 g/mol. The molecule has 2 aromatic heterocycles. The number of thiophene rings is 2. The molecule has 170 valence electrons. The zero-order chi connectivity index (χ0) is 22.3. The van der Waals surface area contributed by atoms with Gasteiger partial charge in [-0.15, -0.1) is 22.7 Å². The lowest BCUT2D eigenvalue weighted by Crippen LogP contribution is -2.37. The van der Waals surface area contributed by atoms with Gasteiger partial charge in [0.25, 0.3) is 0 Å². The molecule has 2 rings (SSSR count). The summed E-state index contributed by atoms with van der Waals surface area (Å²) in [6.45, 7) is 14.2. The first-order valence-corrected chi connectivity index (χ1v) is 18.5. The zero-order valence-electron chi connectivity index (χ0n) is 19.9. The van der Waals surface area contributed by atoms with Crippen LogP contribution in [0.25, 0.3) is 9.75 Å². The van der Waals surface area contributed by atoms with E-state index in [1.54, 1.807) is 10.1 Å². The van der Waals surface area contributed by atoms with E-state index in [4.69, 9.17) is 0 Å². The molecule has 0 radical (unpaired) electrons. The van der Waals surface area contributed by atoms with Crippen LogP contribution in [0.5, 0.6) is 0 Å². The summed E-state index contributed by atoms with van der Waals surface area (Å²) >= 11 is 11.9. The van der Waals surface area contributed by atoms with Gasteiger partial charge in [-0.3, -0.25) is 0 Å². The van der Waals surface area contributed by atoms with Crippen LogP contribution in [-0.4, -0.2) is 8.07 Å². The standard InChI is InChI=1S/C25H40Br2S2Si/c1-7-8-9-10-11-12-13-14-15-16-17-20-22(27)24(29-25(20)30(4,5)6)23-21(26)18(2)19(3)28-23/h7-17H2,1-6H3. The highest BCUT2D eigenvalue weighted by Crippen LogP contribution is 2.46. The van der Waals surface area contributed by atoms with Gasteiger partial charge in [-0.1, -0.05) is 84.4 Å². The number of aryl methyl sites for hydroxylation is 1. The zero-order valence-corrected chi connectivity index (χ0v) is 25.7. The minimum absolute atomic E-state index is 1.23. The Morgan fingerprint density at radius 1 is 0.700 bits per heavy atom. The Kier molecular flexibility index (Phi) is 11.4. The summed E-state index contributed by atoms with van der Waals surface area (Å²) in [5, 5.41) is 0.